The molecule has 1 aromatic heterocycles. The standard InChI is InChI=1S/C17H14ClN3O5/c1-2-7-20-16(22)14(19-17(20)23)9-11-4-6-15(26-11)12-8-10(21(24)25)3-5-13(12)18/h3-6,8-9H,2,7H2,1H3,(H,19,23)/b14-9+. The first-order valence-corrected chi connectivity index (χ1v) is 8.17. The van der Waals surface area contributed by atoms with E-state index in [9.17, 15) is 19.7 Å². The molecule has 9 heteroatoms. The van der Waals surface area contributed by atoms with Crippen molar-refractivity contribution in [3.05, 3.63) is 56.9 Å². The highest BCUT2D eigenvalue weighted by molar-refractivity contribution is 6.33. The van der Waals surface area contributed by atoms with E-state index in [1.807, 2.05) is 6.92 Å². The van der Waals surface area contributed by atoms with Gasteiger partial charge in [-0.2, -0.15) is 0 Å². The highest BCUT2D eigenvalue weighted by atomic mass is 35.5. The van der Waals surface area contributed by atoms with Gasteiger partial charge in [0.2, 0.25) is 0 Å². The third kappa shape index (κ3) is 3.31. The number of nitro benzene ring substituents is 1. The molecule has 1 fully saturated rings. The summed E-state index contributed by atoms with van der Waals surface area (Å²) < 4.78 is 5.62. The molecule has 134 valence electrons. The molecule has 8 nitrogen and oxygen atoms in total. The summed E-state index contributed by atoms with van der Waals surface area (Å²) in [6, 6.07) is 6.72. The minimum atomic E-state index is -0.527. The monoisotopic (exact) mass is 375 g/mol. The van der Waals surface area contributed by atoms with Crippen LogP contribution in [-0.4, -0.2) is 28.3 Å². The van der Waals surface area contributed by atoms with Crippen LogP contribution in [0.1, 0.15) is 19.1 Å². The number of nitrogens with one attached hydrogen (secondary N) is 1. The summed E-state index contributed by atoms with van der Waals surface area (Å²) in [7, 11) is 0. The van der Waals surface area contributed by atoms with Crippen molar-refractivity contribution in [3.8, 4) is 11.3 Å². The van der Waals surface area contributed by atoms with Gasteiger partial charge in [-0.05, 0) is 24.6 Å². The zero-order valence-corrected chi connectivity index (χ0v) is 14.4. The summed E-state index contributed by atoms with van der Waals surface area (Å²) >= 11 is 6.10. The van der Waals surface area contributed by atoms with Crippen molar-refractivity contribution in [1.29, 1.82) is 0 Å². The number of benzene rings is 1. The smallest absolute Gasteiger partial charge is 0.329 e. The molecule has 1 saturated heterocycles. The number of urea groups is 1. The van der Waals surface area contributed by atoms with Crippen molar-refractivity contribution in [2.24, 2.45) is 0 Å². The molecule has 2 heterocycles. The fourth-order valence-corrected chi connectivity index (χ4v) is 2.74. The second-order valence-corrected chi connectivity index (χ2v) is 5.98. The Hall–Kier alpha value is -3.13. The average Bonchev–Trinajstić information content (AvgIpc) is 3.16. The van der Waals surface area contributed by atoms with E-state index in [1.54, 1.807) is 12.1 Å². The molecule has 26 heavy (non-hydrogen) atoms. The molecule has 1 N–H and O–H groups in total. The summed E-state index contributed by atoms with van der Waals surface area (Å²) in [5, 5.41) is 13.7. The summed E-state index contributed by atoms with van der Waals surface area (Å²) in [5.74, 6) is 0.195. The first-order valence-electron chi connectivity index (χ1n) is 7.79. The minimum Gasteiger partial charge on any atom is -0.457 e. The van der Waals surface area contributed by atoms with Crippen LogP contribution in [0.15, 0.2) is 40.4 Å². The van der Waals surface area contributed by atoms with Crippen LogP contribution in [0.2, 0.25) is 5.02 Å². The highest BCUT2D eigenvalue weighted by Gasteiger charge is 2.32. The maximum Gasteiger partial charge on any atom is 0.329 e. The van der Waals surface area contributed by atoms with Gasteiger partial charge in [0.05, 0.1) is 9.95 Å². The number of amides is 3. The van der Waals surface area contributed by atoms with Gasteiger partial charge < -0.3 is 9.73 Å². The number of nitrogens with zero attached hydrogens (tertiary/aromatic N) is 2. The SMILES string of the molecule is CCCN1C(=O)N/C(=C/c2ccc(-c3cc([N+](=O)[O-])ccc3Cl)o2)C1=O. The van der Waals surface area contributed by atoms with Crippen molar-refractivity contribution in [2.75, 3.05) is 6.54 Å². The maximum atomic E-state index is 12.2. The first-order chi connectivity index (χ1) is 12.4. The number of nitro groups is 1. The van der Waals surface area contributed by atoms with E-state index in [0.29, 0.717) is 35.1 Å². The van der Waals surface area contributed by atoms with E-state index in [2.05, 4.69) is 5.32 Å². The summed E-state index contributed by atoms with van der Waals surface area (Å²) in [5.41, 5.74) is 0.351. The molecule has 0 saturated carbocycles. The molecule has 1 aliphatic heterocycles. The topological polar surface area (TPSA) is 106 Å². The van der Waals surface area contributed by atoms with Gasteiger partial charge in [-0.1, -0.05) is 18.5 Å². The van der Waals surface area contributed by atoms with Crippen LogP contribution in [0.5, 0.6) is 0 Å². The molecule has 0 aliphatic carbocycles. The van der Waals surface area contributed by atoms with Crippen LogP contribution in [0.4, 0.5) is 10.5 Å². The highest BCUT2D eigenvalue weighted by Crippen LogP contribution is 2.33. The van der Waals surface area contributed by atoms with Crippen molar-refractivity contribution >= 4 is 35.3 Å². The van der Waals surface area contributed by atoms with Crippen LogP contribution in [-0.2, 0) is 4.79 Å². The van der Waals surface area contributed by atoms with Crippen molar-refractivity contribution in [1.82, 2.24) is 10.2 Å². The van der Waals surface area contributed by atoms with Gasteiger partial charge in [0, 0.05) is 30.3 Å². The predicted molar refractivity (Wildman–Crippen MR) is 94.3 cm³/mol. The largest absolute Gasteiger partial charge is 0.457 e. The van der Waals surface area contributed by atoms with E-state index in [4.69, 9.17) is 16.0 Å². The maximum absolute atomic E-state index is 12.2. The van der Waals surface area contributed by atoms with E-state index in [-0.39, 0.29) is 11.4 Å². The molecule has 1 aliphatic rings. The zero-order valence-electron chi connectivity index (χ0n) is 13.7. The second kappa shape index (κ2) is 7.01. The molecule has 0 radical (unpaired) electrons. The Morgan fingerprint density at radius 3 is 2.77 bits per heavy atom. The van der Waals surface area contributed by atoms with E-state index in [1.165, 1.54) is 24.3 Å². The summed E-state index contributed by atoms with van der Waals surface area (Å²) in [6.07, 6.45) is 2.06. The summed E-state index contributed by atoms with van der Waals surface area (Å²) in [4.78, 5) is 35.5. The van der Waals surface area contributed by atoms with Crippen LogP contribution in [0, 0.1) is 10.1 Å². The fraction of sp³-hybridized carbons (Fsp3) is 0.176. The van der Waals surface area contributed by atoms with Gasteiger partial charge in [0.1, 0.15) is 17.2 Å². The van der Waals surface area contributed by atoms with Crippen LogP contribution in [0.3, 0.4) is 0 Å². The zero-order chi connectivity index (χ0) is 18.8. The average molecular weight is 376 g/mol. The third-order valence-corrected chi connectivity index (χ3v) is 4.08. The lowest BCUT2D eigenvalue weighted by atomic mass is 10.1. The number of non-ortho nitro benzene ring substituents is 1. The Morgan fingerprint density at radius 2 is 2.08 bits per heavy atom. The quantitative estimate of drug-likeness (QED) is 0.370. The number of rotatable bonds is 5. The second-order valence-electron chi connectivity index (χ2n) is 5.57. The van der Waals surface area contributed by atoms with Crippen LogP contribution >= 0.6 is 11.6 Å². The number of furan rings is 1. The lowest BCUT2D eigenvalue weighted by molar-refractivity contribution is -0.384. The first kappa shape index (κ1) is 17.7. The Balaban J connectivity index is 1.90. The van der Waals surface area contributed by atoms with Gasteiger partial charge in [0.15, 0.2) is 0 Å². The molecule has 2 aromatic rings. The van der Waals surface area contributed by atoms with E-state index in [0.717, 1.165) is 4.90 Å². The molecule has 3 rings (SSSR count). The Labute approximate surface area is 153 Å². The fourth-order valence-electron chi connectivity index (χ4n) is 2.53. The number of carbonyl (C=O) groups excluding carboxylic acids is 2. The number of hydrogen-bond acceptors (Lipinski definition) is 5. The van der Waals surface area contributed by atoms with Gasteiger partial charge in [0.25, 0.3) is 11.6 Å². The van der Waals surface area contributed by atoms with Crippen molar-refractivity contribution in [2.45, 2.75) is 13.3 Å². The normalized spacial score (nSPS) is 15.6. The Bertz CT molecular complexity index is 934. The predicted octanol–water partition coefficient (Wildman–Crippen LogP) is 3.81. The lowest BCUT2D eigenvalue weighted by Gasteiger charge is -2.08. The summed E-state index contributed by atoms with van der Waals surface area (Å²) in [6.45, 7) is 2.19. The molecule has 0 unspecified atom stereocenters. The van der Waals surface area contributed by atoms with E-state index >= 15 is 0 Å². The number of imide groups is 1. The third-order valence-electron chi connectivity index (χ3n) is 3.75. The molecule has 0 atom stereocenters. The Morgan fingerprint density at radius 1 is 1.31 bits per heavy atom. The number of hydrogen-bond donors (Lipinski definition) is 1. The Kier molecular flexibility index (Phi) is 4.77. The number of carbonyl (C=O) groups is 2. The molecular formula is C17H14ClN3O5. The molecule has 0 bridgehead atoms. The lowest BCUT2D eigenvalue weighted by Crippen LogP contribution is -2.31. The van der Waals surface area contributed by atoms with Gasteiger partial charge in [-0.15, -0.1) is 0 Å². The van der Waals surface area contributed by atoms with Gasteiger partial charge in [-0.3, -0.25) is 19.8 Å². The minimum absolute atomic E-state index is 0.106. The van der Waals surface area contributed by atoms with Crippen molar-refractivity contribution < 1.29 is 18.9 Å². The molecule has 0 spiro atoms. The van der Waals surface area contributed by atoms with Crippen LogP contribution < -0.4 is 5.32 Å². The van der Waals surface area contributed by atoms with Crippen LogP contribution in [0.25, 0.3) is 17.4 Å². The molecular weight excluding hydrogens is 362 g/mol. The number of halogens is 1. The molecule has 3 amide bonds. The van der Waals surface area contributed by atoms with Gasteiger partial charge >= 0.3 is 6.03 Å². The van der Waals surface area contributed by atoms with E-state index < -0.39 is 16.9 Å². The molecule has 1 aromatic carbocycles. The van der Waals surface area contributed by atoms with Gasteiger partial charge in [-0.25, -0.2) is 4.79 Å². The van der Waals surface area contributed by atoms with Crippen molar-refractivity contribution in [3.63, 3.8) is 0 Å².